The van der Waals surface area contributed by atoms with Gasteiger partial charge in [0.15, 0.2) is 11.6 Å². The van der Waals surface area contributed by atoms with Crippen LogP contribution in [0.4, 0.5) is 17.3 Å². The number of nitrogens with zero attached hydrogens (tertiary/aromatic N) is 4. The highest BCUT2D eigenvalue weighted by atomic mass is 35.5. The first-order chi connectivity index (χ1) is 18.6. The number of nitrogen functional groups attached to an aromatic ring is 1. The van der Waals surface area contributed by atoms with E-state index in [2.05, 4.69) is 63.2 Å². The number of hydrogen-bond acceptors (Lipinski definition) is 7. The molecular weight excluding hydrogens is 555 g/mol. The lowest BCUT2D eigenvalue weighted by molar-refractivity contribution is 0.0614. The van der Waals surface area contributed by atoms with Gasteiger partial charge in [0.1, 0.15) is 5.69 Å². The number of aliphatic hydroxyl groups is 1. The van der Waals surface area contributed by atoms with Crippen molar-refractivity contribution in [3.05, 3.63) is 75.0 Å². The van der Waals surface area contributed by atoms with Gasteiger partial charge >= 0.3 is 0 Å². The van der Waals surface area contributed by atoms with Crippen molar-refractivity contribution in [3.63, 3.8) is 0 Å². The molecule has 208 valence electrons. The zero-order valence-corrected chi connectivity index (χ0v) is 24.5. The van der Waals surface area contributed by atoms with Crippen molar-refractivity contribution in [2.24, 2.45) is 0 Å². The van der Waals surface area contributed by atoms with Gasteiger partial charge in [0.2, 0.25) is 5.28 Å². The number of anilines is 3. The molecule has 0 radical (unpaired) electrons. The second-order valence-corrected chi connectivity index (χ2v) is 12.1. The van der Waals surface area contributed by atoms with Gasteiger partial charge in [0, 0.05) is 41.8 Å². The predicted octanol–water partition coefficient (Wildman–Crippen LogP) is 6.42. The molecule has 3 aromatic rings. The zero-order valence-electron chi connectivity index (χ0n) is 22.2. The Hall–Kier alpha value is -2.29. The van der Waals surface area contributed by atoms with Crippen molar-refractivity contribution < 1.29 is 5.11 Å². The molecule has 2 aromatic carbocycles. The van der Waals surface area contributed by atoms with Crippen LogP contribution in [0.15, 0.2) is 48.5 Å². The molecule has 2 atom stereocenters. The number of rotatable bonds is 7. The first kappa shape index (κ1) is 28.2. The van der Waals surface area contributed by atoms with Gasteiger partial charge in [-0.15, -0.1) is 0 Å². The highest BCUT2D eigenvalue weighted by Crippen LogP contribution is 2.38. The van der Waals surface area contributed by atoms with Crippen molar-refractivity contribution in [3.8, 4) is 0 Å². The molecule has 5 rings (SSSR count). The zero-order chi connectivity index (χ0) is 27.7. The molecule has 1 aliphatic heterocycles. The summed E-state index contributed by atoms with van der Waals surface area (Å²) in [6.07, 6.45) is 3.58. The second kappa shape index (κ2) is 11.7. The van der Waals surface area contributed by atoms with Crippen molar-refractivity contribution in [1.82, 2.24) is 14.9 Å². The first-order valence-corrected chi connectivity index (χ1v) is 14.6. The number of aromatic nitrogens is 2. The molecule has 1 aromatic heterocycles. The Morgan fingerprint density at radius 1 is 0.923 bits per heavy atom. The maximum atomic E-state index is 10.8. The van der Waals surface area contributed by atoms with E-state index in [4.69, 9.17) is 40.5 Å². The summed E-state index contributed by atoms with van der Waals surface area (Å²) in [5.41, 5.74) is 8.64. The maximum Gasteiger partial charge on any atom is 0.226 e. The van der Waals surface area contributed by atoms with E-state index in [1.807, 2.05) is 24.3 Å². The van der Waals surface area contributed by atoms with Crippen LogP contribution >= 0.6 is 34.8 Å². The van der Waals surface area contributed by atoms with Crippen LogP contribution in [-0.4, -0.2) is 57.3 Å². The van der Waals surface area contributed by atoms with E-state index in [1.165, 1.54) is 0 Å². The summed E-state index contributed by atoms with van der Waals surface area (Å²) in [5.74, 6) is 1.08. The van der Waals surface area contributed by atoms with Gasteiger partial charge in [-0.1, -0.05) is 60.3 Å². The Morgan fingerprint density at radius 3 is 2.05 bits per heavy atom. The predicted molar refractivity (Wildman–Crippen MR) is 161 cm³/mol. The monoisotopic (exact) mass is 588 g/mol. The van der Waals surface area contributed by atoms with Gasteiger partial charge in [0.05, 0.1) is 11.6 Å². The molecule has 2 fully saturated rings. The molecule has 2 heterocycles. The third-order valence-corrected chi connectivity index (χ3v) is 8.70. The van der Waals surface area contributed by atoms with Crippen LogP contribution in [0.5, 0.6) is 0 Å². The number of benzene rings is 2. The number of nitrogens with two attached hydrogens (primary N) is 1. The summed E-state index contributed by atoms with van der Waals surface area (Å²) in [5, 5.41) is 15.6. The third kappa shape index (κ3) is 6.23. The van der Waals surface area contributed by atoms with Crippen LogP contribution in [-0.2, 0) is 0 Å². The topological polar surface area (TPSA) is 90.5 Å². The lowest BCUT2D eigenvalue weighted by Crippen LogP contribution is -2.57. The summed E-state index contributed by atoms with van der Waals surface area (Å²) in [4.78, 5) is 13.6. The molecule has 1 saturated carbocycles. The fourth-order valence-electron chi connectivity index (χ4n) is 5.92. The van der Waals surface area contributed by atoms with E-state index in [1.54, 1.807) is 0 Å². The second-order valence-electron chi connectivity index (χ2n) is 10.9. The molecule has 0 spiro atoms. The molecule has 39 heavy (non-hydrogen) atoms. The normalized spacial score (nSPS) is 21.5. The van der Waals surface area contributed by atoms with Crippen molar-refractivity contribution in [2.75, 3.05) is 35.6 Å². The highest BCUT2D eigenvalue weighted by molar-refractivity contribution is 6.30. The molecule has 7 nitrogen and oxygen atoms in total. The molecule has 0 unspecified atom stereocenters. The van der Waals surface area contributed by atoms with Gasteiger partial charge < -0.3 is 21.1 Å². The number of hydrogen-bond donors (Lipinski definition) is 3. The molecule has 2 aliphatic rings. The van der Waals surface area contributed by atoms with E-state index >= 15 is 0 Å². The molecule has 10 heteroatoms. The van der Waals surface area contributed by atoms with Crippen LogP contribution in [0.25, 0.3) is 0 Å². The molecule has 0 amide bonds. The average molecular weight is 590 g/mol. The fourth-order valence-corrected chi connectivity index (χ4v) is 6.33. The van der Waals surface area contributed by atoms with E-state index < -0.39 is 5.60 Å². The standard InChI is InChI=1S/C29H35Cl3N6O/c1-18-16-38(27-24(33)26(35-28(32)36-27)34-17-29(39)13-3-4-14-29)19(2)15-37(18)25(20-5-9-22(30)10-6-20)21-7-11-23(31)12-8-21/h5-12,18-19,25,39H,3-4,13-17,33H2,1-2H3,(H,34,35,36)/t18-,19+/m1/s1. The third-order valence-electron chi connectivity index (χ3n) is 8.03. The Labute approximate surface area is 245 Å². The Bertz CT molecular complexity index is 1240. The smallest absolute Gasteiger partial charge is 0.226 e. The van der Waals surface area contributed by atoms with Crippen molar-refractivity contribution in [1.29, 1.82) is 0 Å². The van der Waals surface area contributed by atoms with Crippen LogP contribution in [0, 0.1) is 0 Å². The number of piperazine rings is 1. The van der Waals surface area contributed by atoms with Crippen LogP contribution in [0.3, 0.4) is 0 Å². The molecule has 4 N–H and O–H groups in total. The SMILES string of the molecule is C[C@@H]1CN(c2nc(Cl)nc(NCC3(O)CCCC3)c2N)[C@@H](C)CN1C(c1ccc(Cl)cc1)c1ccc(Cl)cc1. The Kier molecular flexibility index (Phi) is 8.45. The van der Waals surface area contributed by atoms with Gasteiger partial charge in [-0.3, -0.25) is 4.90 Å². The average Bonchev–Trinajstić information content (AvgIpc) is 3.35. The fraction of sp³-hybridized carbons (Fsp3) is 0.448. The Morgan fingerprint density at radius 2 is 1.49 bits per heavy atom. The quantitative estimate of drug-likeness (QED) is 0.274. The minimum absolute atomic E-state index is 0.0230. The maximum absolute atomic E-state index is 10.8. The largest absolute Gasteiger partial charge is 0.393 e. The number of halogens is 3. The van der Waals surface area contributed by atoms with Gasteiger partial charge in [-0.25, -0.2) is 0 Å². The van der Waals surface area contributed by atoms with E-state index in [9.17, 15) is 5.11 Å². The van der Waals surface area contributed by atoms with Crippen LogP contribution in [0.2, 0.25) is 15.3 Å². The summed E-state index contributed by atoms with van der Waals surface area (Å²) >= 11 is 18.8. The van der Waals surface area contributed by atoms with Crippen LogP contribution in [0.1, 0.15) is 56.7 Å². The first-order valence-electron chi connectivity index (χ1n) is 13.5. The van der Waals surface area contributed by atoms with Gasteiger partial charge in [-0.2, -0.15) is 9.97 Å². The van der Waals surface area contributed by atoms with E-state index in [0.29, 0.717) is 40.5 Å². The summed E-state index contributed by atoms with van der Waals surface area (Å²) < 4.78 is 0. The molecule has 1 saturated heterocycles. The summed E-state index contributed by atoms with van der Waals surface area (Å²) in [6.45, 7) is 6.23. The number of nitrogens with one attached hydrogen (secondary N) is 1. The summed E-state index contributed by atoms with van der Waals surface area (Å²) in [6, 6.07) is 16.4. The van der Waals surface area contributed by atoms with Gasteiger partial charge in [-0.05, 0) is 73.7 Å². The van der Waals surface area contributed by atoms with E-state index in [-0.39, 0.29) is 23.4 Å². The lowest BCUT2D eigenvalue weighted by Gasteiger charge is -2.48. The van der Waals surface area contributed by atoms with Crippen molar-refractivity contribution in [2.45, 2.75) is 63.3 Å². The highest BCUT2D eigenvalue weighted by Gasteiger charge is 2.37. The molecule has 1 aliphatic carbocycles. The Balaban J connectivity index is 1.41. The van der Waals surface area contributed by atoms with Gasteiger partial charge in [0.25, 0.3) is 0 Å². The minimum atomic E-state index is -0.740. The van der Waals surface area contributed by atoms with E-state index in [0.717, 1.165) is 43.4 Å². The molecular formula is C29H35Cl3N6O. The van der Waals surface area contributed by atoms with Crippen LogP contribution < -0.4 is 16.0 Å². The lowest BCUT2D eigenvalue weighted by atomic mass is 9.93. The minimum Gasteiger partial charge on any atom is -0.393 e. The molecule has 0 bridgehead atoms. The van der Waals surface area contributed by atoms with Crippen molar-refractivity contribution >= 4 is 52.1 Å². The summed E-state index contributed by atoms with van der Waals surface area (Å²) in [7, 11) is 0.